The molecule has 1 aromatic rings. The van der Waals surface area contributed by atoms with Crippen molar-refractivity contribution in [3.8, 4) is 0 Å². The van der Waals surface area contributed by atoms with Gasteiger partial charge in [-0.3, -0.25) is 0 Å². The van der Waals surface area contributed by atoms with E-state index >= 15 is 0 Å². The van der Waals surface area contributed by atoms with Crippen LogP contribution in [-0.2, 0) is 0 Å². The summed E-state index contributed by atoms with van der Waals surface area (Å²) in [6.07, 6.45) is -0.305. The Hall–Kier alpha value is -1.30. The van der Waals surface area contributed by atoms with E-state index < -0.39 is 6.43 Å². The highest BCUT2D eigenvalue weighted by Gasteiger charge is 2.48. The minimum Gasteiger partial charge on any atom is -0.366 e. The Morgan fingerprint density at radius 1 is 1.29 bits per heavy atom. The molecule has 3 rings (SSSR count). The average molecular weight is 240 g/mol. The van der Waals surface area contributed by atoms with Gasteiger partial charge in [-0.2, -0.15) is 0 Å². The van der Waals surface area contributed by atoms with E-state index in [4.69, 9.17) is 0 Å². The van der Waals surface area contributed by atoms with Crippen molar-refractivity contribution >= 4 is 5.82 Å². The van der Waals surface area contributed by atoms with Crippen molar-refractivity contribution in [3.63, 3.8) is 0 Å². The molecule has 2 N–H and O–H groups in total. The second-order valence-electron chi connectivity index (χ2n) is 5.00. The van der Waals surface area contributed by atoms with E-state index in [-0.39, 0.29) is 5.69 Å². The van der Waals surface area contributed by atoms with E-state index in [0.29, 0.717) is 17.3 Å². The molecule has 1 aliphatic heterocycles. The van der Waals surface area contributed by atoms with Crippen LogP contribution in [0.3, 0.4) is 0 Å². The fraction of sp³-hybridized carbons (Fsp3) is 0.636. The normalized spacial score (nSPS) is 22.3. The fourth-order valence-electron chi connectivity index (χ4n) is 2.60. The Kier molecular flexibility index (Phi) is 2.47. The molecule has 2 fully saturated rings. The lowest BCUT2D eigenvalue weighted by molar-refractivity contribution is 0.0469. The van der Waals surface area contributed by atoms with Gasteiger partial charge in [-0.1, -0.05) is 0 Å². The Bertz CT molecular complexity index is 394. The van der Waals surface area contributed by atoms with E-state index in [0.717, 1.165) is 25.9 Å². The summed E-state index contributed by atoms with van der Waals surface area (Å²) in [6.45, 7) is 2.20. The van der Waals surface area contributed by atoms with Crippen molar-refractivity contribution in [2.45, 2.75) is 25.3 Å². The minimum atomic E-state index is -2.55. The van der Waals surface area contributed by atoms with Gasteiger partial charge in [0.15, 0.2) is 0 Å². The molecule has 1 saturated heterocycles. The maximum absolute atomic E-state index is 12.3. The third kappa shape index (κ3) is 1.97. The topological polar surface area (TPSA) is 49.8 Å². The Labute approximate surface area is 97.8 Å². The molecule has 0 amide bonds. The van der Waals surface area contributed by atoms with E-state index in [2.05, 4.69) is 20.8 Å². The van der Waals surface area contributed by atoms with Crippen LogP contribution >= 0.6 is 0 Å². The standard InChI is InChI=1S/C11H14F2N4/c12-10(13)8-1-2-9(17-16-8)15-7-3-11(4-7)5-14-6-11/h1-2,7,10,14H,3-6H2,(H,15,17). The first-order valence-electron chi connectivity index (χ1n) is 5.76. The van der Waals surface area contributed by atoms with E-state index in [9.17, 15) is 8.78 Å². The second-order valence-corrected chi connectivity index (χ2v) is 5.00. The van der Waals surface area contributed by atoms with Gasteiger partial charge in [-0.15, -0.1) is 10.2 Å². The predicted octanol–water partition coefficient (Wildman–Crippen LogP) is 1.58. The molecule has 0 atom stereocenters. The van der Waals surface area contributed by atoms with Gasteiger partial charge in [-0.05, 0) is 30.4 Å². The van der Waals surface area contributed by atoms with Crippen LogP contribution in [-0.4, -0.2) is 29.3 Å². The summed E-state index contributed by atoms with van der Waals surface area (Å²) in [4.78, 5) is 0. The molecule has 92 valence electrons. The number of alkyl halides is 2. The lowest BCUT2D eigenvalue weighted by Gasteiger charge is -2.54. The summed E-state index contributed by atoms with van der Waals surface area (Å²) in [6, 6.07) is 3.29. The molecule has 1 aromatic heterocycles. The van der Waals surface area contributed by atoms with Crippen molar-refractivity contribution in [1.29, 1.82) is 0 Å². The summed E-state index contributed by atoms with van der Waals surface area (Å²) in [7, 11) is 0. The number of nitrogens with zero attached hydrogens (tertiary/aromatic N) is 2. The molecule has 6 heteroatoms. The largest absolute Gasteiger partial charge is 0.366 e. The molecule has 0 bridgehead atoms. The molecule has 0 aromatic carbocycles. The molecule has 0 unspecified atom stereocenters. The molecule has 2 aliphatic rings. The van der Waals surface area contributed by atoms with Gasteiger partial charge >= 0.3 is 0 Å². The Balaban J connectivity index is 1.55. The molecule has 1 aliphatic carbocycles. The van der Waals surface area contributed by atoms with E-state index in [1.54, 1.807) is 6.07 Å². The van der Waals surface area contributed by atoms with Crippen LogP contribution in [0.4, 0.5) is 14.6 Å². The van der Waals surface area contributed by atoms with Crippen LogP contribution in [0.15, 0.2) is 12.1 Å². The monoisotopic (exact) mass is 240 g/mol. The van der Waals surface area contributed by atoms with Crippen LogP contribution in [0, 0.1) is 5.41 Å². The fourth-order valence-corrected chi connectivity index (χ4v) is 2.60. The van der Waals surface area contributed by atoms with Crippen LogP contribution in [0.1, 0.15) is 25.0 Å². The van der Waals surface area contributed by atoms with Crippen molar-refractivity contribution < 1.29 is 8.78 Å². The lowest BCUT2D eigenvalue weighted by atomic mass is 9.62. The SMILES string of the molecule is FC(F)c1ccc(NC2CC3(CNC3)C2)nn1. The van der Waals surface area contributed by atoms with Gasteiger partial charge in [0.2, 0.25) is 0 Å². The average Bonchev–Trinajstić information content (AvgIpc) is 2.20. The van der Waals surface area contributed by atoms with Crippen LogP contribution in [0.2, 0.25) is 0 Å². The summed E-state index contributed by atoms with van der Waals surface area (Å²) in [5.74, 6) is 0.585. The highest BCUT2D eigenvalue weighted by atomic mass is 19.3. The minimum absolute atomic E-state index is 0.274. The second kappa shape index (κ2) is 3.87. The number of halogens is 2. The highest BCUT2D eigenvalue weighted by Crippen LogP contribution is 2.45. The Morgan fingerprint density at radius 3 is 2.53 bits per heavy atom. The number of aromatic nitrogens is 2. The number of rotatable bonds is 3. The number of anilines is 1. The molecule has 17 heavy (non-hydrogen) atoms. The Morgan fingerprint density at radius 2 is 2.06 bits per heavy atom. The van der Waals surface area contributed by atoms with Crippen LogP contribution < -0.4 is 10.6 Å². The summed E-state index contributed by atoms with van der Waals surface area (Å²) < 4.78 is 24.5. The first-order chi connectivity index (χ1) is 8.17. The van der Waals surface area contributed by atoms with Crippen molar-refractivity contribution in [1.82, 2.24) is 15.5 Å². The van der Waals surface area contributed by atoms with Gasteiger partial charge in [0.25, 0.3) is 6.43 Å². The smallest absolute Gasteiger partial charge is 0.282 e. The molecule has 1 spiro atoms. The first-order valence-corrected chi connectivity index (χ1v) is 5.76. The molecular formula is C11H14F2N4. The third-order valence-corrected chi connectivity index (χ3v) is 3.62. The molecule has 1 saturated carbocycles. The summed E-state index contributed by atoms with van der Waals surface area (Å²) in [5, 5.41) is 13.7. The van der Waals surface area contributed by atoms with Gasteiger partial charge < -0.3 is 10.6 Å². The van der Waals surface area contributed by atoms with E-state index in [1.165, 1.54) is 6.07 Å². The predicted molar refractivity (Wildman–Crippen MR) is 58.9 cm³/mol. The van der Waals surface area contributed by atoms with Crippen LogP contribution in [0.25, 0.3) is 0 Å². The van der Waals surface area contributed by atoms with Crippen molar-refractivity contribution in [2.75, 3.05) is 18.4 Å². The number of hydrogen-bond donors (Lipinski definition) is 2. The van der Waals surface area contributed by atoms with Gasteiger partial charge in [0, 0.05) is 19.1 Å². The lowest BCUT2D eigenvalue weighted by Crippen LogP contribution is -2.63. The van der Waals surface area contributed by atoms with Gasteiger partial charge in [-0.25, -0.2) is 8.78 Å². The molecule has 2 heterocycles. The molecule has 0 radical (unpaired) electrons. The molecular weight excluding hydrogens is 226 g/mol. The zero-order valence-corrected chi connectivity index (χ0v) is 9.29. The van der Waals surface area contributed by atoms with Gasteiger partial charge in [0.05, 0.1) is 0 Å². The van der Waals surface area contributed by atoms with Gasteiger partial charge in [0.1, 0.15) is 11.5 Å². The zero-order chi connectivity index (χ0) is 11.9. The maximum Gasteiger partial charge on any atom is 0.282 e. The maximum atomic E-state index is 12.3. The quantitative estimate of drug-likeness (QED) is 0.842. The van der Waals surface area contributed by atoms with E-state index in [1.807, 2.05) is 0 Å². The zero-order valence-electron chi connectivity index (χ0n) is 9.29. The summed E-state index contributed by atoms with van der Waals surface area (Å²) >= 11 is 0. The van der Waals surface area contributed by atoms with Crippen molar-refractivity contribution in [3.05, 3.63) is 17.8 Å². The molecule has 4 nitrogen and oxygen atoms in total. The van der Waals surface area contributed by atoms with Crippen molar-refractivity contribution in [2.24, 2.45) is 5.41 Å². The third-order valence-electron chi connectivity index (χ3n) is 3.62. The summed E-state index contributed by atoms with van der Waals surface area (Å²) in [5.41, 5.74) is 0.220. The highest BCUT2D eigenvalue weighted by molar-refractivity contribution is 5.36. The number of hydrogen-bond acceptors (Lipinski definition) is 4. The number of nitrogens with one attached hydrogen (secondary N) is 2. The first kappa shape index (κ1) is 10.8. The van der Waals surface area contributed by atoms with Crippen LogP contribution in [0.5, 0.6) is 0 Å².